The van der Waals surface area contributed by atoms with E-state index in [-0.39, 0.29) is 23.4 Å². The number of hydrogen-bond donors (Lipinski definition) is 2. The number of hydrogen-bond acceptors (Lipinski definition) is 2. The van der Waals surface area contributed by atoms with Gasteiger partial charge in [0.2, 0.25) is 0 Å². The van der Waals surface area contributed by atoms with Gasteiger partial charge in [-0.2, -0.15) is 0 Å². The molecule has 0 amide bonds. The Morgan fingerprint density at radius 3 is 1.67 bits per heavy atom. The molecule has 2 N–H and O–H groups in total. The predicted molar refractivity (Wildman–Crippen MR) is 98.7 cm³/mol. The molecule has 0 saturated heterocycles. The molecule has 0 bridgehead atoms. The van der Waals surface area contributed by atoms with E-state index >= 15 is 0 Å². The average molecular weight is 330 g/mol. The van der Waals surface area contributed by atoms with Crippen LogP contribution in [0.4, 0.5) is 4.39 Å². The second-order valence-electron chi connectivity index (χ2n) is 7.84. The Hall–Kier alpha value is -1.25. The standard InChI is InChI=1S/C21H31FN2/c22-18-14-17(15-10-6-4-5-7-11-15)20(23)21(24)19(18)16-12-8-2-1-3-9-13-16/h14-16,23-24H,1-13H2. The molecule has 2 nitrogen and oxygen atoms in total. The smallest absolute Gasteiger partial charge is 0.129 e. The van der Waals surface area contributed by atoms with Crippen molar-refractivity contribution in [2.75, 3.05) is 0 Å². The Bertz CT molecular complexity index is 542. The molecule has 3 aliphatic rings. The first kappa shape index (κ1) is 17.6. The maximum Gasteiger partial charge on any atom is 0.129 e. The minimum Gasteiger partial charge on any atom is -0.298 e. The summed E-state index contributed by atoms with van der Waals surface area (Å²) in [4.78, 5) is 0. The third-order valence-electron chi connectivity index (χ3n) is 6.16. The zero-order valence-corrected chi connectivity index (χ0v) is 14.8. The van der Waals surface area contributed by atoms with Crippen molar-refractivity contribution in [2.24, 2.45) is 11.8 Å². The van der Waals surface area contributed by atoms with Crippen LogP contribution in [0.5, 0.6) is 0 Å². The zero-order valence-electron chi connectivity index (χ0n) is 14.8. The van der Waals surface area contributed by atoms with Gasteiger partial charge in [0.25, 0.3) is 0 Å². The Balaban J connectivity index is 1.85. The SMILES string of the molecule is N=C1C(=N)C(C2CCCCCCC2)=C(F)C=C1C1CCCCCC1. The van der Waals surface area contributed by atoms with Crippen LogP contribution in [0.3, 0.4) is 0 Å². The Morgan fingerprint density at radius 2 is 1.12 bits per heavy atom. The van der Waals surface area contributed by atoms with Crippen molar-refractivity contribution in [1.82, 2.24) is 0 Å². The fourth-order valence-corrected chi connectivity index (χ4v) is 4.74. The highest BCUT2D eigenvalue weighted by Crippen LogP contribution is 2.38. The van der Waals surface area contributed by atoms with Gasteiger partial charge < -0.3 is 0 Å². The molecule has 0 heterocycles. The third-order valence-corrected chi connectivity index (χ3v) is 6.16. The fraction of sp³-hybridized carbons (Fsp3) is 0.714. The molecule has 24 heavy (non-hydrogen) atoms. The number of nitrogens with one attached hydrogen (secondary N) is 2. The second-order valence-corrected chi connectivity index (χ2v) is 7.84. The molecule has 132 valence electrons. The van der Waals surface area contributed by atoms with Gasteiger partial charge in [-0.15, -0.1) is 0 Å². The summed E-state index contributed by atoms with van der Waals surface area (Å²) in [5, 5.41) is 17.0. The molecular formula is C21H31FN2. The van der Waals surface area contributed by atoms with Crippen LogP contribution in [0.15, 0.2) is 23.0 Å². The zero-order chi connectivity index (χ0) is 16.9. The van der Waals surface area contributed by atoms with E-state index < -0.39 is 0 Å². The van der Waals surface area contributed by atoms with E-state index in [1.54, 1.807) is 6.08 Å². The van der Waals surface area contributed by atoms with E-state index in [0.717, 1.165) is 44.1 Å². The first-order valence-corrected chi connectivity index (χ1v) is 9.98. The molecule has 0 unspecified atom stereocenters. The monoisotopic (exact) mass is 330 g/mol. The van der Waals surface area contributed by atoms with Gasteiger partial charge in [-0.3, -0.25) is 10.8 Å². The third kappa shape index (κ3) is 3.87. The van der Waals surface area contributed by atoms with Gasteiger partial charge in [0, 0.05) is 5.57 Å². The second kappa shape index (κ2) is 8.22. The lowest BCUT2D eigenvalue weighted by Gasteiger charge is -2.29. The van der Waals surface area contributed by atoms with Crippen LogP contribution in [0.1, 0.15) is 83.5 Å². The lowest BCUT2D eigenvalue weighted by atomic mass is 9.76. The van der Waals surface area contributed by atoms with Crippen molar-refractivity contribution in [3.63, 3.8) is 0 Å². The van der Waals surface area contributed by atoms with Crippen LogP contribution in [-0.4, -0.2) is 11.4 Å². The van der Waals surface area contributed by atoms with Crippen LogP contribution < -0.4 is 0 Å². The molecule has 3 aliphatic carbocycles. The van der Waals surface area contributed by atoms with Gasteiger partial charge in [-0.1, -0.05) is 57.8 Å². The quantitative estimate of drug-likeness (QED) is 0.428. The Labute approximate surface area is 145 Å². The number of halogens is 1. The summed E-state index contributed by atoms with van der Waals surface area (Å²) >= 11 is 0. The summed E-state index contributed by atoms with van der Waals surface area (Å²) in [6, 6.07) is 0. The maximum absolute atomic E-state index is 15.0. The molecule has 0 spiro atoms. The normalized spacial score (nSPS) is 26.0. The molecule has 3 rings (SSSR count). The van der Waals surface area contributed by atoms with Crippen molar-refractivity contribution in [2.45, 2.75) is 83.5 Å². The summed E-state index contributed by atoms with van der Waals surface area (Å²) in [5.41, 5.74) is 1.83. The average Bonchev–Trinajstić information content (AvgIpc) is 2.82. The largest absolute Gasteiger partial charge is 0.298 e. The van der Waals surface area contributed by atoms with Crippen LogP contribution in [0, 0.1) is 22.7 Å². The van der Waals surface area contributed by atoms with Gasteiger partial charge in [0.05, 0.1) is 11.4 Å². The Kier molecular flexibility index (Phi) is 6.02. The van der Waals surface area contributed by atoms with Crippen molar-refractivity contribution in [3.05, 3.63) is 23.0 Å². The van der Waals surface area contributed by atoms with Crippen molar-refractivity contribution in [3.8, 4) is 0 Å². The number of allylic oxidation sites excluding steroid dienone is 4. The summed E-state index contributed by atoms with van der Waals surface area (Å²) in [7, 11) is 0. The van der Waals surface area contributed by atoms with E-state index in [2.05, 4.69) is 0 Å². The lowest BCUT2D eigenvalue weighted by Crippen LogP contribution is -2.29. The minimum atomic E-state index is -0.208. The molecule has 2 fully saturated rings. The lowest BCUT2D eigenvalue weighted by molar-refractivity contribution is 0.420. The summed E-state index contributed by atoms with van der Waals surface area (Å²) < 4.78 is 15.0. The van der Waals surface area contributed by atoms with E-state index in [4.69, 9.17) is 10.8 Å². The highest BCUT2D eigenvalue weighted by Gasteiger charge is 2.32. The molecule has 0 radical (unpaired) electrons. The van der Waals surface area contributed by atoms with Crippen LogP contribution in [-0.2, 0) is 0 Å². The molecule has 0 aromatic carbocycles. The van der Waals surface area contributed by atoms with Crippen molar-refractivity contribution < 1.29 is 4.39 Å². The topological polar surface area (TPSA) is 47.7 Å². The molecule has 2 saturated carbocycles. The minimum absolute atomic E-state index is 0.144. The molecule has 0 aliphatic heterocycles. The summed E-state index contributed by atoms with van der Waals surface area (Å²) in [6.07, 6.45) is 16.5. The molecule has 3 heteroatoms. The van der Waals surface area contributed by atoms with E-state index in [1.165, 1.54) is 44.9 Å². The molecule has 0 aromatic rings. The molecule has 0 aromatic heterocycles. The molecule has 0 atom stereocenters. The Morgan fingerprint density at radius 1 is 0.667 bits per heavy atom. The van der Waals surface area contributed by atoms with E-state index in [0.29, 0.717) is 11.3 Å². The highest BCUT2D eigenvalue weighted by atomic mass is 19.1. The van der Waals surface area contributed by atoms with Crippen LogP contribution in [0.25, 0.3) is 0 Å². The van der Waals surface area contributed by atoms with E-state index in [9.17, 15) is 4.39 Å². The first-order valence-electron chi connectivity index (χ1n) is 9.98. The van der Waals surface area contributed by atoms with Gasteiger partial charge in [-0.25, -0.2) is 4.39 Å². The summed E-state index contributed by atoms with van der Waals surface area (Å²) in [6.45, 7) is 0. The van der Waals surface area contributed by atoms with Crippen molar-refractivity contribution in [1.29, 1.82) is 10.8 Å². The van der Waals surface area contributed by atoms with Gasteiger partial charge in [0.1, 0.15) is 5.83 Å². The summed E-state index contributed by atoms with van der Waals surface area (Å²) in [5.74, 6) is 0.218. The van der Waals surface area contributed by atoms with Crippen molar-refractivity contribution >= 4 is 11.4 Å². The van der Waals surface area contributed by atoms with Gasteiger partial charge in [0.15, 0.2) is 0 Å². The number of rotatable bonds is 2. The fourth-order valence-electron chi connectivity index (χ4n) is 4.74. The molecular weight excluding hydrogens is 299 g/mol. The van der Waals surface area contributed by atoms with Gasteiger partial charge >= 0.3 is 0 Å². The van der Waals surface area contributed by atoms with Crippen LogP contribution in [0.2, 0.25) is 0 Å². The first-order chi connectivity index (χ1) is 11.7. The highest BCUT2D eigenvalue weighted by molar-refractivity contribution is 6.52. The van der Waals surface area contributed by atoms with E-state index in [1.807, 2.05) is 0 Å². The van der Waals surface area contributed by atoms with Gasteiger partial charge in [-0.05, 0) is 49.2 Å². The predicted octanol–water partition coefficient (Wildman–Crippen LogP) is 6.52. The van der Waals surface area contributed by atoms with Crippen LogP contribution >= 0.6 is 0 Å². The maximum atomic E-state index is 15.0.